The van der Waals surface area contributed by atoms with Gasteiger partial charge >= 0.3 is 0 Å². The van der Waals surface area contributed by atoms with Gasteiger partial charge in [0.1, 0.15) is 5.75 Å². The van der Waals surface area contributed by atoms with Crippen LogP contribution in [0.5, 0.6) is 5.75 Å². The molecule has 0 spiro atoms. The number of benzene rings is 2. The Bertz CT molecular complexity index is 984. The van der Waals surface area contributed by atoms with Gasteiger partial charge in [-0.1, -0.05) is 23.4 Å². The second-order valence-corrected chi connectivity index (χ2v) is 8.09. The van der Waals surface area contributed by atoms with E-state index in [1.165, 1.54) is 28.3 Å². The van der Waals surface area contributed by atoms with E-state index in [-0.39, 0.29) is 11.2 Å². The first-order chi connectivity index (χ1) is 12.9. The van der Waals surface area contributed by atoms with Crippen molar-refractivity contribution in [1.82, 2.24) is 4.98 Å². The minimum atomic E-state index is -0.262. The number of aryl methyl sites for hydroxylation is 3. The molecule has 3 rings (SSSR count). The standard InChI is InChI=1S/C22H24N2O2S/c1-13-10-15(3)21-19(11-13)14(2)12-20(24-21)27-16(4)22(25)23-17-6-8-18(26-5)9-7-17/h6-12,16H,1-5H3,(H,23,25). The van der Waals surface area contributed by atoms with Gasteiger partial charge in [0.2, 0.25) is 5.91 Å². The van der Waals surface area contributed by atoms with Gasteiger partial charge in [0, 0.05) is 11.1 Å². The minimum absolute atomic E-state index is 0.0506. The predicted octanol–water partition coefficient (Wildman–Crippen LogP) is 5.29. The third-order valence-electron chi connectivity index (χ3n) is 4.46. The monoisotopic (exact) mass is 380 g/mol. The molecule has 1 N–H and O–H groups in total. The molecule has 1 atom stereocenters. The maximum atomic E-state index is 12.5. The molecule has 1 heterocycles. The van der Waals surface area contributed by atoms with E-state index in [0.717, 1.165) is 27.5 Å². The lowest BCUT2D eigenvalue weighted by Crippen LogP contribution is -2.22. The van der Waals surface area contributed by atoms with Crippen LogP contribution in [0.3, 0.4) is 0 Å². The molecule has 0 saturated carbocycles. The Morgan fingerprint density at radius 3 is 2.44 bits per heavy atom. The van der Waals surface area contributed by atoms with Crippen molar-refractivity contribution in [3.05, 3.63) is 59.2 Å². The number of ether oxygens (including phenoxy) is 1. The van der Waals surface area contributed by atoms with Crippen LogP contribution in [0.25, 0.3) is 10.9 Å². The SMILES string of the molecule is COc1ccc(NC(=O)C(C)Sc2cc(C)c3cc(C)cc(C)c3n2)cc1. The van der Waals surface area contributed by atoms with Crippen LogP contribution in [0, 0.1) is 20.8 Å². The Morgan fingerprint density at radius 1 is 1.07 bits per heavy atom. The van der Waals surface area contributed by atoms with Crippen molar-refractivity contribution in [2.45, 2.75) is 38.0 Å². The molecule has 1 aromatic heterocycles. The van der Waals surface area contributed by atoms with Gasteiger partial charge < -0.3 is 10.1 Å². The highest BCUT2D eigenvalue weighted by atomic mass is 32.2. The predicted molar refractivity (Wildman–Crippen MR) is 113 cm³/mol. The molecule has 140 valence electrons. The van der Waals surface area contributed by atoms with Gasteiger partial charge in [-0.2, -0.15) is 0 Å². The fraction of sp³-hybridized carbons (Fsp3) is 0.273. The van der Waals surface area contributed by atoms with Crippen molar-refractivity contribution in [3.8, 4) is 5.75 Å². The summed E-state index contributed by atoms with van der Waals surface area (Å²) in [5.41, 5.74) is 5.33. The van der Waals surface area contributed by atoms with Crippen molar-refractivity contribution in [3.63, 3.8) is 0 Å². The molecule has 4 nitrogen and oxygen atoms in total. The zero-order valence-electron chi connectivity index (χ0n) is 16.3. The van der Waals surface area contributed by atoms with Gasteiger partial charge in [0.15, 0.2) is 0 Å². The fourth-order valence-electron chi connectivity index (χ4n) is 3.03. The molecule has 0 bridgehead atoms. The average molecular weight is 381 g/mol. The molecule has 0 aliphatic heterocycles. The molecule has 0 aliphatic carbocycles. The van der Waals surface area contributed by atoms with Gasteiger partial charge in [-0.05, 0) is 75.2 Å². The normalized spacial score (nSPS) is 12.0. The van der Waals surface area contributed by atoms with Crippen molar-refractivity contribution < 1.29 is 9.53 Å². The van der Waals surface area contributed by atoms with Crippen molar-refractivity contribution in [1.29, 1.82) is 0 Å². The zero-order chi connectivity index (χ0) is 19.6. The maximum Gasteiger partial charge on any atom is 0.237 e. The molecule has 5 heteroatoms. The lowest BCUT2D eigenvalue weighted by Gasteiger charge is -2.14. The molecule has 0 fully saturated rings. The summed E-state index contributed by atoms with van der Waals surface area (Å²) < 4.78 is 5.14. The van der Waals surface area contributed by atoms with Crippen LogP contribution in [-0.2, 0) is 4.79 Å². The van der Waals surface area contributed by atoms with Gasteiger partial charge in [0.25, 0.3) is 0 Å². The molecule has 0 radical (unpaired) electrons. The number of aromatic nitrogens is 1. The van der Waals surface area contributed by atoms with Crippen LogP contribution in [0.15, 0.2) is 47.5 Å². The van der Waals surface area contributed by atoms with E-state index in [0.29, 0.717) is 0 Å². The largest absolute Gasteiger partial charge is 0.497 e. The number of carbonyl (C=O) groups is 1. The lowest BCUT2D eigenvalue weighted by molar-refractivity contribution is -0.115. The summed E-state index contributed by atoms with van der Waals surface area (Å²) in [6.07, 6.45) is 0. The van der Waals surface area contributed by atoms with Crippen LogP contribution in [0.2, 0.25) is 0 Å². The highest BCUT2D eigenvalue weighted by molar-refractivity contribution is 8.00. The van der Waals surface area contributed by atoms with E-state index in [2.05, 4.69) is 44.3 Å². The van der Waals surface area contributed by atoms with E-state index in [4.69, 9.17) is 9.72 Å². The second kappa shape index (κ2) is 8.01. The van der Waals surface area contributed by atoms with E-state index < -0.39 is 0 Å². The van der Waals surface area contributed by atoms with E-state index in [9.17, 15) is 4.79 Å². The van der Waals surface area contributed by atoms with Gasteiger partial charge in [-0.3, -0.25) is 4.79 Å². The number of thioether (sulfide) groups is 1. The van der Waals surface area contributed by atoms with Gasteiger partial charge in [0.05, 0.1) is 22.9 Å². The van der Waals surface area contributed by atoms with Gasteiger partial charge in [-0.15, -0.1) is 0 Å². The van der Waals surface area contributed by atoms with Crippen LogP contribution in [0.1, 0.15) is 23.6 Å². The Labute approximate surface area is 164 Å². The third kappa shape index (κ3) is 4.42. The highest BCUT2D eigenvalue weighted by Gasteiger charge is 2.17. The minimum Gasteiger partial charge on any atom is -0.497 e. The van der Waals surface area contributed by atoms with Crippen LogP contribution < -0.4 is 10.1 Å². The molecule has 27 heavy (non-hydrogen) atoms. The summed E-state index contributed by atoms with van der Waals surface area (Å²) in [5, 5.41) is 4.72. The molecule has 1 unspecified atom stereocenters. The quantitative estimate of drug-likeness (QED) is 0.611. The number of carbonyl (C=O) groups excluding carboxylic acids is 1. The number of hydrogen-bond acceptors (Lipinski definition) is 4. The lowest BCUT2D eigenvalue weighted by atomic mass is 10.0. The average Bonchev–Trinajstić information content (AvgIpc) is 2.63. The van der Waals surface area contributed by atoms with E-state index >= 15 is 0 Å². The molecular weight excluding hydrogens is 356 g/mol. The zero-order valence-corrected chi connectivity index (χ0v) is 17.1. The van der Waals surface area contributed by atoms with E-state index in [1.807, 2.05) is 31.2 Å². The number of nitrogens with one attached hydrogen (secondary N) is 1. The maximum absolute atomic E-state index is 12.5. The topological polar surface area (TPSA) is 51.2 Å². The third-order valence-corrected chi connectivity index (χ3v) is 5.47. The van der Waals surface area contributed by atoms with Crippen molar-refractivity contribution in [2.75, 3.05) is 12.4 Å². The first-order valence-electron chi connectivity index (χ1n) is 8.87. The van der Waals surface area contributed by atoms with Gasteiger partial charge in [-0.25, -0.2) is 4.98 Å². The first-order valence-corrected chi connectivity index (χ1v) is 9.75. The van der Waals surface area contributed by atoms with Crippen LogP contribution in [0.4, 0.5) is 5.69 Å². The Kier molecular flexibility index (Phi) is 5.71. The van der Waals surface area contributed by atoms with E-state index in [1.54, 1.807) is 7.11 Å². The number of rotatable bonds is 5. The Morgan fingerprint density at radius 2 is 1.78 bits per heavy atom. The fourth-order valence-corrected chi connectivity index (χ4v) is 3.94. The summed E-state index contributed by atoms with van der Waals surface area (Å²) in [4.78, 5) is 17.3. The number of pyridine rings is 1. The molecule has 1 amide bonds. The molecule has 3 aromatic rings. The summed E-state index contributed by atoms with van der Waals surface area (Å²) in [6, 6.07) is 13.7. The summed E-state index contributed by atoms with van der Waals surface area (Å²) in [7, 11) is 1.62. The smallest absolute Gasteiger partial charge is 0.237 e. The number of hydrogen-bond donors (Lipinski definition) is 1. The highest BCUT2D eigenvalue weighted by Crippen LogP contribution is 2.29. The Balaban J connectivity index is 1.76. The summed E-state index contributed by atoms with van der Waals surface area (Å²) in [6.45, 7) is 8.16. The van der Waals surface area contributed by atoms with Crippen LogP contribution >= 0.6 is 11.8 Å². The molecular formula is C22H24N2O2S. The Hall–Kier alpha value is -2.53. The molecule has 0 aliphatic rings. The first kappa shape index (κ1) is 19.2. The summed E-state index contributed by atoms with van der Waals surface area (Å²) >= 11 is 1.47. The molecule has 0 saturated heterocycles. The van der Waals surface area contributed by atoms with Crippen LogP contribution in [-0.4, -0.2) is 23.3 Å². The second-order valence-electron chi connectivity index (χ2n) is 6.73. The number of amides is 1. The number of methoxy groups -OCH3 is 1. The van der Waals surface area contributed by atoms with Crippen molar-refractivity contribution in [2.24, 2.45) is 0 Å². The van der Waals surface area contributed by atoms with Crippen molar-refractivity contribution >= 4 is 34.3 Å². The molecule has 2 aromatic carbocycles. The summed E-state index contributed by atoms with van der Waals surface area (Å²) in [5.74, 6) is 0.710. The number of nitrogens with zero attached hydrogens (tertiary/aromatic N) is 1. The number of fused-ring (bicyclic) bond motifs is 1. The number of anilines is 1.